The molecule has 1 saturated carbocycles. The smallest absolute Gasteiger partial charge is 0.000530 e. The second-order valence-electron chi connectivity index (χ2n) is 5.77. The lowest BCUT2D eigenvalue weighted by Gasteiger charge is -2.41. The fourth-order valence-corrected chi connectivity index (χ4v) is 2.43. The number of hydrogen-bond donors (Lipinski definition) is 2. The van der Waals surface area contributed by atoms with E-state index in [0.717, 1.165) is 11.8 Å². The largest absolute Gasteiger partial charge is 0.316 e. The van der Waals surface area contributed by atoms with Gasteiger partial charge in [0.1, 0.15) is 0 Å². The fraction of sp³-hybridized carbons (Fsp3) is 1.00. The van der Waals surface area contributed by atoms with Crippen molar-refractivity contribution >= 4 is 0 Å². The summed E-state index contributed by atoms with van der Waals surface area (Å²) >= 11 is 0. The van der Waals surface area contributed by atoms with Crippen LogP contribution in [0.2, 0.25) is 0 Å². The third kappa shape index (κ3) is 2.29. The Morgan fingerprint density at radius 3 is 2.43 bits per heavy atom. The first-order valence-corrected chi connectivity index (χ1v) is 6.10. The molecule has 1 saturated heterocycles. The molecule has 2 N–H and O–H groups in total. The SMILES string of the molecule is CC(C)(CNCC1CNC1)C1CCC1. The van der Waals surface area contributed by atoms with E-state index in [1.807, 2.05) is 0 Å². The van der Waals surface area contributed by atoms with Crippen molar-refractivity contribution in [2.45, 2.75) is 33.1 Å². The Labute approximate surface area is 87.8 Å². The fourth-order valence-electron chi connectivity index (χ4n) is 2.43. The molecule has 0 spiro atoms. The molecule has 14 heavy (non-hydrogen) atoms. The second kappa shape index (κ2) is 4.19. The molecule has 82 valence electrons. The zero-order valence-electron chi connectivity index (χ0n) is 9.60. The topological polar surface area (TPSA) is 24.1 Å². The molecule has 0 aromatic heterocycles. The minimum Gasteiger partial charge on any atom is -0.316 e. The molecule has 0 unspecified atom stereocenters. The summed E-state index contributed by atoms with van der Waals surface area (Å²) in [5.41, 5.74) is 0.523. The highest BCUT2D eigenvalue weighted by Crippen LogP contribution is 2.41. The third-order valence-corrected chi connectivity index (χ3v) is 4.09. The number of nitrogens with one attached hydrogen (secondary N) is 2. The van der Waals surface area contributed by atoms with Crippen LogP contribution in [0.5, 0.6) is 0 Å². The van der Waals surface area contributed by atoms with Gasteiger partial charge in [0.05, 0.1) is 0 Å². The van der Waals surface area contributed by atoms with Crippen LogP contribution in [0, 0.1) is 17.3 Å². The minimum absolute atomic E-state index is 0.523. The molecular formula is C12H24N2. The monoisotopic (exact) mass is 196 g/mol. The molecular weight excluding hydrogens is 172 g/mol. The van der Waals surface area contributed by atoms with Gasteiger partial charge in [0, 0.05) is 26.2 Å². The Balaban J connectivity index is 1.62. The van der Waals surface area contributed by atoms with Gasteiger partial charge in [-0.25, -0.2) is 0 Å². The van der Waals surface area contributed by atoms with Gasteiger partial charge < -0.3 is 10.6 Å². The molecule has 1 heterocycles. The molecule has 0 amide bonds. The molecule has 2 aliphatic rings. The van der Waals surface area contributed by atoms with Crippen molar-refractivity contribution in [3.63, 3.8) is 0 Å². The van der Waals surface area contributed by atoms with Crippen LogP contribution in [-0.4, -0.2) is 26.2 Å². The predicted octanol–water partition coefficient (Wildman–Crippen LogP) is 1.62. The van der Waals surface area contributed by atoms with Crippen molar-refractivity contribution in [2.75, 3.05) is 26.2 Å². The van der Waals surface area contributed by atoms with Crippen molar-refractivity contribution in [1.82, 2.24) is 10.6 Å². The number of hydrogen-bond acceptors (Lipinski definition) is 2. The van der Waals surface area contributed by atoms with Crippen LogP contribution in [0.15, 0.2) is 0 Å². The van der Waals surface area contributed by atoms with Gasteiger partial charge in [0.15, 0.2) is 0 Å². The lowest BCUT2D eigenvalue weighted by atomic mass is 9.67. The lowest BCUT2D eigenvalue weighted by Crippen LogP contribution is -2.49. The maximum atomic E-state index is 3.64. The summed E-state index contributed by atoms with van der Waals surface area (Å²) in [7, 11) is 0. The predicted molar refractivity (Wildman–Crippen MR) is 60.4 cm³/mol. The van der Waals surface area contributed by atoms with Gasteiger partial charge in [-0.15, -0.1) is 0 Å². The van der Waals surface area contributed by atoms with Gasteiger partial charge in [-0.05, 0) is 30.1 Å². The summed E-state index contributed by atoms with van der Waals surface area (Å²) in [6.45, 7) is 9.69. The molecule has 2 rings (SSSR count). The molecule has 0 aromatic carbocycles. The van der Waals surface area contributed by atoms with Crippen molar-refractivity contribution in [1.29, 1.82) is 0 Å². The van der Waals surface area contributed by atoms with Crippen LogP contribution in [-0.2, 0) is 0 Å². The van der Waals surface area contributed by atoms with Crippen LogP contribution < -0.4 is 10.6 Å². The normalized spacial score (nSPS) is 24.4. The molecule has 2 nitrogen and oxygen atoms in total. The van der Waals surface area contributed by atoms with Crippen molar-refractivity contribution in [2.24, 2.45) is 17.3 Å². The highest BCUT2D eigenvalue weighted by Gasteiger charge is 2.33. The van der Waals surface area contributed by atoms with E-state index in [1.54, 1.807) is 0 Å². The molecule has 1 aliphatic carbocycles. The van der Waals surface area contributed by atoms with E-state index < -0.39 is 0 Å². The zero-order chi connectivity index (χ0) is 10.0. The second-order valence-corrected chi connectivity index (χ2v) is 5.77. The van der Waals surface area contributed by atoms with Crippen LogP contribution in [0.25, 0.3) is 0 Å². The highest BCUT2D eigenvalue weighted by atomic mass is 15.0. The Hall–Kier alpha value is -0.0800. The third-order valence-electron chi connectivity index (χ3n) is 4.09. The Bertz CT molecular complexity index is 181. The first-order chi connectivity index (χ1) is 6.68. The van der Waals surface area contributed by atoms with Crippen molar-refractivity contribution < 1.29 is 0 Å². The molecule has 0 radical (unpaired) electrons. The molecule has 1 aliphatic heterocycles. The van der Waals surface area contributed by atoms with E-state index in [9.17, 15) is 0 Å². The van der Waals surface area contributed by atoms with E-state index >= 15 is 0 Å². The Morgan fingerprint density at radius 1 is 1.29 bits per heavy atom. The lowest BCUT2D eigenvalue weighted by molar-refractivity contribution is 0.116. The van der Waals surface area contributed by atoms with Crippen LogP contribution in [0.1, 0.15) is 33.1 Å². The van der Waals surface area contributed by atoms with Gasteiger partial charge >= 0.3 is 0 Å². The van der Waals surface area contributed by atoms with Crippen LogP contribution in [0.3, 0.4) is 0 Å². The summed E-state index contributed by atoms with van der Waals surface area (Å²) in [5.74, 6) is 1.88. The molecule has 0 atom stereocenters. The maximum Gasteiger partial charge on any atom is 0.000530 e. The van der Waals surface area contributed by atoms with Crippen LogP contribution >= 0.6 is 0 Å². The summed E-state index contributed by atoms with van der Waals surface area (Å²) in [6.07, 6.45) is 4.37. The first kappa shape index (κ1) is 10.4. The molecule has 2 fully saturated rings. The van der Waals surface area contributed by atoms with Crippen LogP contribution in [0.4, 0.5) is 0 Å². The van der Waals surface area contributed by atoms with E-state index in [0.29, 0.717) is 5.41 Å². The highest BCUT2D eigenvalue weighted by molar-refractivity contribution is 4.86. The summed E-state index contributed by atoms with van der Waals surface area (Å²) < 4.78 is 0. The molecule has 0 aromatic rings. The zero-order valence-corrected chi connectivity index (χ0v) is 9.60. The molecule has 2 heteroatoms. The van der Waals surface area contributed by atoms with E-state index in [-0.39, 0.29) is 0 Å². The average Bonchev–Trinajstić information content (AvgIpc) is 1.89. The first-order valence-electron chi connectivity index (χ1n) is 6.10. The Kier molecular flexibility index (Phi) is 3.13. The van der Waals surface area contributed by atoms with E-state index in [1.165, 1.54) is 45.4 Å². The van der Waals surface area contributed by atoms with Gasteiger partial charge in [-0.3, -0.25) is 0 Å². The van der Waals surface area contributed by atoms with Crippen molar-refractivity contribution in [3.8, 4) is 0 Å². The van der Waals surface area contributed by atoms with E-state index in [4.69, 9.17) is 0 Å². The van der Waals surface area contributed by atoms with Crippen molar-refractivity contribution in [3.05, 3.63) is 0 Å². The quantitative estimate of drug-likeness (QED) is 0.698. The summed E-state index contributed by atoms with van der Waals surface area (Å²) in [5, 5.41) is 6.95. The average molecular weight is 196 g/mol. The maximum absolute atomic E-state index is 3.64. The van der Waals surface area contributed by atoms with E-state index in [2.05, 4.69) is 24.5 Å². The van der Waals surface area contributed by atoms with Gasteiger partial charge in [0.2, 0.25) is 0 Å². The van der Waals surface area contributed by atoms with Gasteiger partial charge in [0.25, 0.3) is 0 Å². The van der Waals surface area contributed by atoms with Gasteiger partial charge in [-0.1, -0.05) is 20.3 Å². The standard InChI is InChI=1S/C12H24N2/c1-12(2,11-4-3-5-11)9-14-8-10-6-13-7-10/h10-11,13-14H,3-9H2,1-2H3. The molecule has 0 bridgehead atoms. The van der Waals surface area contributed by atoms with Gasteiger partial charge in [-0.2, -0.15) is 0 Å². The number of rotatable bonds is 5. The summed E-state index contributed by atoms with van der Waals surface area (Å²) in [6, 6.07) is 0. The summed E-state index contributed by atoms with van der Waals surface area (Å²) in [4.78, 5) is 0. The Morgan fingerprint density at radius 2 is 2.00 bits per heavy atom. The minimum atomic E-state index is 0.523.